The van der Waals surface area contributed by atoms with E-state index in [0.717, 1.165) is 6.42 Å². The fourth-order valence-electron chi connectivity index (χ4n) is 2.70. The van der Waals surface area contributed by atoms with Crippen LogP contribution in [0.1, 0.15) is 55.3 Å². The van der Waals surface area contributed by atoms with Crippen molar-refractivity contribution in [3.63, 3.8) is 0 Å². The number of hydrogen-bond donors (Lipinski definition) is 0. The van der Waals surface area contributed by atoms with Crippen molar-refractivity contribution in [2.24, 2.45) is 0 Å². The molecule has 0 N–H and O–H groups in total. The highest BCUT2D eigenvalue weighted by Gasteiger charge is 2.18. The number of aromatic nitrogens is 2. The maximum atomic E-state index is 4.76. The van der Waals surface area contributed by atoms with Gasteiger partial charge >= 0.3 is 0 Å². The molecule has 3 rings (SSSR count). The fourth-order valence-corrected chi connectivity index (χ4v) is 3.91. The number of imidazole rings is 1. The maximum absolute atomic E-state index is 4.76. The fraction of sp³-hybridized carbons (Fsp3) is 0.643. The minimum atomic E-state index is 1.16. The number of nitrogens with zero attached hydrogens (tertiary/aromatic N) is 2. The summed E-state index contributed by atoms with van der Waals surface area (Å²) in [5.74, 6) is 0. The van der Waals surface area contributed by atoms with Crippen molar-refractivity contribution >= 4 is 16.3 Å². The van der Waals surface area contributed by atoms with Crippen LogP contribution >= 0.6 is 11.3 Å². The van der Waals surface area contributed by atoms with Gasteiger partial charge in [-0.25, -0.2) is 4.98 Å². The second kappa shape index (κ2) is 4.81. The first-order valence-corrected chi connectivity index (χ1v) is 7.68. The van der Waals surface area contributed by atoms with E-state index < -0.39 is 0 Å². The van der Waals surface area contributed by atoms with E-state index in [1.54, 1.807) is 4.88 Å². The summed E-state index contributed by atoms with van der Waals surface area (Å²) < 4.78 is 2.35. The molecule has 0 spiro atoms. The van der Waals surface area contributed by atoms with Crippen molar-refractivity contribution < 1.29 is 0 Å². The van der Waals surface area contributed by atoms with Gasteiger partial charge in [0.25, 0.3) is 0 Å². The molecular weight excluding hydrogens is 228 g/mol. The van der Waals surface area contributed by atoms with Crippen molar-refractivity contribution in [3.8, 4) is 0 Å². The summed E-state index contributed by atoms with van der Waals surface area (Å²) in [6, 6.07) is 0. The SMILES string of the molecule is CCCCCCc1cn2c3c(sc2n1)CCC3. The van der Waals surface area contributed by atoms with Crippen LogP contribution in [0.3, 0.4) is 0 Å². The third-order valence-corrected chi connectivity index (χ3v) is 4.81. The van der Waals surface area contributed by atoms with Crippen molar-refractivity contribution in [2.75, 3.05) is 0 Å². The van der Waals surface area contributed by atoms with Crippen LogP contribution < -0.4 is 0 Å². The lowest BCUT2D eigenvalue weighted by atomic mass is 10.1. The van der Waals surface area contributed by atoms with Gasteiger partial charge in [0.2, 0.25) is 0 Å². The summed E-state index contributed by atoms with van der Waals surface area (Å²) in [5.41, 5.74) is 2.83. The highest BCUT2D eigenvalue weighted by atomic mass is 32.1. The molecule has 3 heteroatoms. The van der Waals surface area contributed by atoms with Crippen LogP contribution in [0, 0.1) is 0 Å². The smallest absolute Gasteiger partial charge is 0.194 e. The first kappa shape index (κ1) is 11.3. The Kier molecular flexibility index (Phi) is 3.19. The lowest BCUT2D eigenvalue weighted by molar-refractivity contribution is 0.662. The zero-order chi connectivity index (χ0) is 11.7. The van der Waals surface area contributed by atoms with E-state index in [1.807, 2.05) is 11.3 Å². The van der Waals surface area contributed by atoms with Gasteiger partial charge in [0, 0.05) is 16.8 Å². The topological polar surface area (TPSA) is 17.3 Å². The summed E-state index contributed by atoms with van der Waals surface area (Å²) in [6.45, 7) is 2.26. The minimum Gasteiger partial charge on any atom is -0.294 e. The zero-order valence-corrected chi connectivity index (χ0v) is 11.4. The molecule has 2 nitrogen and oxygen atoms in total. The van der Waals surface area contributed by atoms with Crippen LogP contribution in [0.4, 0.5) is 0 Å². The summed E-state index contributed by atoms with van der Waals surface area (Å²) in [6.07, 6.45) is 12.6. The van der Waals surface area contributed by atoms with Crippen LogP contribution in [0.2, 0.25) is 0 Å². The standard InChI is InChI=1S/C14H20N2S/c1-2-3-4-5-7-11-10-16-12-8-6-9-13(12)17-14(16)15-11/h10H,2-9H2,1H3. The van der Waals surface area contributed by atoms with Crippen molar-refractivity contribution in [3.05, 3.63) is 22.5 Å². The molecule has 0 atom stereocenters. The average molecular weight is 248 g/mol. The number of rotatable bonds is 5. The monoisotopic (exact) mass is 248 g/mol. The molecule has 92 valence electrons. The molecule has 0 saturated heterocycles. The average Bonchev–Trinajstić information content (AvgIpc) is 2.95. The molecule has 0 bridgehead atoms. The molecule has 0 aromatic carbocycles. The van der Waals surface area contributed by atoms with E-state index in [-0.39, 0.29) is 0 Å². The predicted molar refractivity (Wildman–Crippen MR) is 72.9 cm³/mol. The van der Waals surface area contributed by atoms with Gasteiger partial charge in [-0.15, -0.1) is 11.3 Å². The molecule has 0 fully saturated rings. The lowest BCUT2D eigenvalue weighted by Gasteiger charge is -1.96. The largest absolute Gasteiger partial charge is 0.294 e. The molecular formula is C14H20N2S. The van der Waals surface area contributed by atoms with Crippen molar-refractivity contribution in [1.82, 2.24) is 9.38 Å². The van der Waals surface area contributed by atoms with Crippen molar-refractivity contribution in [1.29, 1.82) is 0 Å². The normalized spacial score (nSPS) is 14.6. The zero-order valence-electron chi connectivity index (χ0n) is 10.5. The molecule has 1 aliphatic rings. The summed E-state index contributed by atoms with van der Waals surface area (Å²) in [4.78, 5) is 7.55. The first-order valence-electron chi connectivity index (χ1n) is 6.87. The molecule has 1 aliphatic carbocycles. The molecule has 2 aromatic heterocycles. The number of thiazole rings is 1. The van der Waals surface area contributed by atoms with E-state index >= 15 is 0 Å². The highest BCUT2D eigenvalue weighted by Crippen LogP contribution is 2.31. The minimum absolute atomic E-state index is 1.16. The number of fused-ring (bicyclic) bond motifs is 3. The summed E-state index contributed by atoms with van der Waals surface area (Å²) in [7, 11) is 0. The van der Waals surface area contributed by atoms with E-state index in [9.17, 15) is 0 Å². The Morgan fingerprint density at radius 2 is 2.24 bits per heavy atom. The molecule has 0 saturated carbocycles. The van der Waals surface area contributed by atoms with Gasteiger partial charge in [-0.3, -0.25) is 4.40 Å². The number of hydrogen-bond acceptors (Lipinski definition) is 2. The van der Waals surface area contributed by atoms with Crippen LogP contribution in [0.15, 0.2) is 6.20 Å². The third-order valence-electron chi connectivity index (χ3n) is 3.65. The van der Waals surface area contributed by atoms with Crippen LogP contribution in [0.5, 0.6) is 0 Å². The Hall–Kier alpha value is -0.830. The van der Waals surface area contributed by atoms with Gasteiger partial charge in [0.05, 0.1) is 5.69 Å². The van der Waals surface area contributed by atoms with E-state index in [1.165, 1.54) is 61.3 Å². The predicted octanol–water partition coefficient (Wildman–Crippen LogP) is 4.01. The Bertz CT molecular complexity index is 509. The van der Waals surface area contributed by atoms with E-state index in [2.05, 4.69) is 17.5 Å². The Labute approximate surface area is 107 Å². The molecule has 0 unspecified atom stereocenters. The molecule has 2 heterocycles. The Balaban J connectivity index is 1.72. The van der Waals surface area contributed by atoms with Crippen LogP contribution in [-0.2, 0) is 19.3 Å². The molecule has 0 amide bonds. The van der Waals surface area contributed by atoms with E-state index in [0.29, 0.717) is 0 Å². The molecule has 2 aromatic rings. The van der Waals surface area contributed by atoms with E-state index in [4.69, 9.17) is 4.98 Å². The van der Waals surface area contributed by atoms with Gasteiger partial charge in [-0.05, 0) is 32.1 Å². The Morgan fingerprint density at radius 3 is 3.12 bits per heavy atom. The second-order valence-electron chi connectivity index (χ2n) is 5.02. The Morgan fingerprint density at radius 1 is 1.29 bits per heavy atom. The number of aryl methyl sites for hydroxylation is 3. The van der Waals surface area contributed by atoms with Gasteiger partial charge in [-0.2, -0.15) is 0 Å². The lowest BCUT2D eigenvalue weighted by Crippen LogP contribution is -1.87. The van der Waals surface area contributed by atoms with Gasteiger partial charge in [-0.1, -0.05) is 26.2 Å². The summed E-state index contributed by atoms with van der Waals surface area (Å²) in [5, 5.41) is 0. The molecule has 0 aliphatic heterocycles. The maximum Gasteiger partial charge on any atom is 0.194 e. The van der Waals surface area contributed by atoms with Crippen LogP contribution in [0.25, 0.3) is 4.96 Å². The van der Waals surface area contributed by atoms with Crippen molar-refractivity contribution in [2.45, 2.75) is 58.3 Å². The van der Waals surface area contributed by atoms with Gasteiger partial charge in [0.1, 0.15) is 0 Å². The van der Waals surface area contributed by atoms with Gasteiger partial charge < -0.3 is 0 Å². The molecule has 0 radical (unpaired) electrons. The third kappa shape index (κ3) is 2.13. The first-order chi connectivity index (χ1) is 8.38. The molecule has 17 heavy (non-hydrogen) atoms. The number of unbranched alkanes of at least 4 members (excludes halogenated alkanes) is 3. The second-order valence-corrected chi connectivity index (χ2v) is 6.08. The summed E-state index contributed by atoms with van der Waals surface area (Å²) >= 11 is 1.90. The van der Waals surface area contributed by atoms with Gasteiger partial charge in [0.15, 0.2) is 4.96 Å². The highest BCUT2D eigenvalue weighted by molar-refractivity contribution is 7.17. The van der Waals surface area contributed by atoms with Crippen LogP contribution in [-0.4, -0.2) is 9.38 Å². The quantitative estimate of drug-likeness (QED) is 0.731.